The van der Waals surface area contributed by atoms with Crippen molar-refractivity contribution in [2.75, 3.05) is 0 Å². The van der Waals surface area contributed by atoms with Crippen LogP contribution in [0, 0.1) is 6.57 Å². The third kappa shape index (κ3) is 2.97. The van der Waals surface area contributed by atoms with Crippen LogP contribution in [0.5, 0.6) is 0 Å². The highest BCUT2D eigenvalue weighted by atomic mass is 14.6. The van der Waals surface area contributed by atoms with Gasteiger partial charge in [0.1, 0.15) is 0 Å². The molecule has 1 nitrogen and oxygen atoms in total. The molecule has 0 heterocycles. The first-order valence-electron chi connectivity index (χ1n) is 13.8. The van der Waals surface area contributed by atoms with Gasteiger partial charge < -0.3 is 0 Å². The third-order valence-electron chi connectivity index (χ3n) is 8.86. The summed E-state index contributed by atoms with van der Waals surface area (Å²) >= 11 is 0. The van der Waals surface area contributed by atoms with Crippen LogP contribution in [0.3, 0.4) is 0 Å². The molecule has 0 unspecified atom stereocenters. The van der Waals surface area contributed by atoms with Crippen molar-refractivity contribution in [3.05, 3.63) is 196 Å². The molecular formula is C39H25N. The van der Waals surface area contributed by atoms with E-state index in [0.717, 1.165) is 11.1 Å². The van der Waals surface area contributed by atoms with Crippen molar-refractivity contribution >= 4 is 5.69 Å². The van der Waals surface area contributed by atoms with Crippen molar-refractivity contribution in [3.63, 3.8) is 0 Å². The maximum absolute atomic E-state index is 7.80. The summed E-state index contributed by atoms with van der Waals surface area (Å²) in [5, 5.41) is 0. The zero-order chi connectivity index (χ0) is 26.7. The molecule has 186 valence electrons. The second-order valence-corrected chi connectivity index (χ2v) is 10.7. The van der Waals surface area contributed by atoms with Crippen LogP contribution >= 0.6 is 0 Å². The van der Waals surface area contributed by atoms with Crippen LogP contribution in [-0.4, -0.2) is 0 Å². The van der Waals surface area contributed by atoms with Gasteiger partial charge in [0.2, 0.25) is 0 Å². The Bertz CT molecular complexity index is 1930. The molecular weight excluding hydrogens is 482 g/mol. The first kappa shape index (κ1) is 22.8. The summed E-state index contributed by atoms with van der Waals surface area (Å²) in [6.45, 7) is 7.80. The van der Waals surface area contributed by atoms with Gasteiger partial charge >= 0.3 is 0 Å². The molecule has 2 aliphatic carbocycles. The quantitative estimate of drug-likeness (QED) is 0.205. The molecule has 2 aliphatic rings. The standard InChI is InChI=1S/C39H25N/c1-40-37-22-12-8-15-28(37)27-23-24-30-29-16-5-9-19-33(29)39(36(30)25-27)34-20-10-6-17-31(34)38(26-13-3-2-4-14-26)32-18-7-11-21-35(32)39/h2-25,38H. The van der Waals surface area contributed by atoms with Gasteiger partial charge in [0.25, 0.3) is 0 Å². The molecule has 0 N–H and O–H groups in total. The number of nitrogens with zero attached hydrogens (tertiary/aromatic N) is 1. The SMILES string of the molecule is [C-]#[N+]c1ccccc1-c1ccc2c(c1)C1(c3ccccc3-2)c2ccccc2C(c2ccccc2)c2ccccc21. The lowest BCUT2D eigenvalue weighted by Crippen LogP contribution is -2.36. The topological polar surface area (TPSA) is 4.36 Å². The second-order valence-electron chi connectivity index (χ2n) is 10.7. The van der Waals surface area contributed by atoms with E-state index in [1.54, 1.807) is 0 Å². The Balaban J connectivity index is 1.51. The molecule has 0 bridgehead atoms. The molecule has 1 spiro atoms. The van der Waals surface area contributed by atoms with Gasteiger partial charge in [0, 0.05) is 5.92 Å². The second kappa shape index (κ2) is 8.67. The van der Waals surface area contributed by atoms with E-state index in [0.29, 0.717) is 5.69 Å². The molecule has 0 aromatic heterocycles. The average Bonchev–Trinajstić information content (AvgIpc) is 3.32. The molecule has 0 radical (unpaired) electrons. The van der Waals surface area contributed by atoms with Crippen LogP contribution in [0.1, 0.15) is 44.9 Å². The van der Waals surface area contributed by atoms with Crippen molar-refractivity contribution < 1.29 is 0 Å². The fourth-order valence-corrected chi connectivity index (χ4v) is 7.34. The first-order chi connectivity index (χ1) is 19.8. The number of para-hydroxylation sites is 1. The van der Waals surface area contributed by atoms with Gasteiger partial charge in [-0.05, 0) is 61.2 Å². The van der Waals surface area contributed by atoms with E-state index < -0.39 is 5.41 Å². The van der Waals surface area contributed by atoms with E-state index in [-0.39, 0.29) is 5.92 Å². The predicted octanol–water partition coefficient (Wildman–Crippen LogP) is 9.76. The molecule has 6 aromatic rings. The third-order valence-corrected chi connectivity index (χ3v) is 8.86. The number of benzene rings is 6. The maximum Gasteiger partial charge on any atom is 0.194 e. The van der Waals surface area contributed by atoms with Gasteiger partial charge in [0.05, 0.1) is 12.0 Å². The Morgan fingerprint density at radius 3 is 1.73 bits per heavy atom. The van der Waals surface area contributed by atoms with Crippen LogP contribution in [0.15, 0.2) is 146 Å². The highest BCUT2D eigenvalue weighted by Gasteiger charge is 2.51. The van der Waals surface area contributed by atoms with Gasteiger partial charge in [-0.3, -0.25) is 0 Å². The highest BCUT2D eigenvalue weighted by molar-refractivity contribution is 5.91. The highest BCUT2D eigenvalue weighted by Crippen LogP contribution is 2.62. The van der Waals surface area contributed by atoms with Crippen LogP contribution in [0.2, 0.25) is 0 Å². The fourth-order valence-electron chi connectivity index (χ4n) is 7.34. The zero-order valence-electron chi connectivity index (χ0n) is 21.9. The molecule has 6 aromatic carbocycles. The largest absolute Gasteiger partial charge is 0.238 e. The lowest BCUT2D eigenvalue weighted by Gasteiger charge is -2.43. The molecule has 0 amide bonds. The van der Waals surface area contributed by atoms with E-state index in [2.05, 4.69) is 132 Å². The summed E-state index contributed by atoms with van der Waals surface area (Å²) in [4.78, 5) is 3.85. The minimum Gasteiger partial charge on any atom is -0.238 e. The minimum atomic E-state index is -0.451. The Morgan fingerprint density at radius 2 is 1.02 bits per heavy atom. The van der Waals surface area contributed by atoms with Crippen LogP contribution in [-0.2, 0) is 5.41 Å². The van der Waals surface area contributed by atoms with E-state index in [9.17, 15) is 0 Å². The molecule has 0 fully saturated rings. The van der Waals surface area contributed by atoms with Gasteiger partial charge in [-0.2, -0.15) is 0 Å². The van der Waals surface area contributed by atoms with E-state index in [4.69, 9.17) is 6.57 Å². The van der Waals surface area contributed by atoms with Crippen molar-refractivity contribution in [1.82, 2.24) is 0 Å². The van der Waals surface area contributed by atoms with Gasteiger partial charge in [-0.15, -0.1) is 0 Å². The van der Waals surface area contributed by atoms with Crippen LogP contribution in [0.4, 0.5) is 5.69 Å². The first-order valence-corrected chi connectivity index (χ1v) is 13.8. The molecule has 1 heteroatoms. The number of fused-ring (bicyclic) bond motifs is 9. The molecule has 0 atom stereocenters. The van der Waals surface area contributed by atoms with Gasteiger partial charge in [-0.1, -0.05) is 146 Å². The number of rotatable bonds is 2. The Hall–Kier alpha value is -5.19. The minimum absolute atomic E-state index is 0.154. The molecule has 8 rings (SSSR count). The monoisotopic (exact) mass is 507 g/mol. The lowest BCUT2D eigenvalue weighted by molar-refractivity contribution is 0.697. The smallest absolute Gasteiger partial charge is 0.194 e. The Labute approximate surface area is 234 Å². The summed E-state index contributed by atoms with van der Waals surface area (Å²) < 4.78 is 0. The summed E-state index contributed by atoms with van der Waals surface area (Å²) in [6.07, 6.45) is 0. The molecule has 40 heavy (non-hydrogen) atoms. The normalized spacial score (nSPS) is 17.8. The Kier molecular flexibility index (Phi) is 4.93. The summed E-state index contributed by atoms with van der Waals surface area (Å²) in [5.41, 5.74) is 14.1. The van der Waals surface area contributed by atoms with E-state index in [1.165, 1.54) is 50.1 Å². The molecule has 0 saturated carbocycles. The summed E-state index contributed by atoms with van der Waals surface area (Å²) in [5.74, 6) is 0.154. The van der Waals surface area contributed by atoms with Crippen molar-refractivity contribution in [2.45, 2.75) is 11.3 Å². The molecule has 0 aliphatic heterocycles. The number of hydrogen-bond donors (Lipinski definition) is 0. The summed E-state index contributed by atoms with van der Waals surface area (Å²) in [6, 6.07) is 52.6. The zero-order valence-corrected chi connectivity index (χ0v) is 21.9. The number of hydrogen-bond acceptors (Lipinski definition) is 0. The fraction of sp³-hybridized carbons (Fsp3) is 0.0513. The van der Waals surface area contributed by atoms with Crippen LogP contribution in [0.25, 0.3) is 27.1 Å². The summed E-state index contributed by atoms with van der Waals surface area (Å²) in [7, 11) is 0. The lowest BCUT2D eigenvalue weighted by atomic mass is 9.58. The Morgan fingerprint density at radius 1 is 0.475 bits per heavy atom. The van der Waals surface area contributed by atoms with Gasteiger partial charge in [-0.25, -0.2) is 4.85 Å². The maximum atomic E-state index is 7.80. The van der Waals surface area contributed by atoms with E-state index in [1.807, 2.05) is 18.2 Å². The average molecular weight is 508 g/mol. The van der Waals surface area contributed by atoms with Gasteiger partial charge in [0.15, 0.2) is 5.69 Å². The van der Waals surface area contributed by atoms with Crippen molar-refractivity contribution in [2.24, 2.45) is 0 Å². The van der Waals surface area contributed by atoms with Crippen LogP contribution < -0.4 is 0 Å². The predicted molar refractivity (Wildman–Crippen MR) is 163 cm³/mol. The van der Waals surface area contributed by atoms with Crippen molar-refractivity contribution in [1.29, 1.82) is 0 Å². The van der Waals surface area contributed by atoms with E-state index >= 15 is 0 Å². The molecule has 0 saturated heterocycles. The van der Waals surface area contributed by atoms with Crippen molar-refractivity contribution in [3.8, 4) is 22.3 Å².